The summed E-state index contributed by atoms with van der Waals surface area (Å²) < 4.78 is 5.04. The normalized spacial score (nSPS) is 14.4. The van der Waals surface area contributed by atoms with Gasteiger partial charge in [-0.1, -0.05) is 29.3 Å². The lowest BCUT2D eigenvalue weighted by molar-refractivity contribution is -0.131. The largest absolute Gasteiger partial charge is 0.427 e. The maximum absolute atomic E-state index is 12.7. The van der Waals surface area contributed by atoms with Gasteiger partial charge in [0, 0.05) is 36.6 Å². The highest BCUT2D eigenvalue weighted by atomic mass is 35.5. The van der Waals surface area contributed by atoms with Crippen LogP contribution in [0.2, 0.25) is 10.0 Å². The van der Waals surface area contributed by atoms with Crippen molar-refractivity contribution in [3.8, 4) is 5.75 Å². The molecule has 2 aromatic rings. The second-order valence-electron chi connectivity index (χ2n) is 6.79. The van der Waals surface area contributed by atoms with Crippen LogP contribution in [0.4, 0.5) is 0 Å². The fourth-order valence-electron chi connectivity index (χ4n) is 3.20. The molecule has 0 aromatic heterocycles. The number of rotatable bonds is 4. The first-order valence-electron chi connectivity index (χ1n) is 9.17. The van der Waals surface area contributed by atoms with Gasteiger partial charge in [0.25, 0.3) is 11.8 Å². The number of hydrogen-bond acceptors (Lipinski definition) is 4. The third-order valence-electron chi connectivity index (χ3n) is 4.63. The third-order valence-corrected chi connectivity index (χ3v) is 5.20. The van der Waals surface area contributed by atoms with Crippen molar-refractivity contribution in [2.75, 3.05) is 13.1 Å². The Labute approximate surface area is 178 Å². The van der Waals surface area contributed by atoms with E-state index in [0.717, 1.165) is 0 Å². The Morgan fingerprint density at radius 1 is 1.07 bits per heavy atom. The van der Waals surface area contributed by atoms with Crippen molar-refractivity contribution in [1.82, 2.24) is 10.2 Å². The molecule has 0 saturated carbocycles. The molecule has 2 amide bonds. The Kier molecular flexibility index (Phi) is 6.77. The number of halogens is 2. The molecule has 8 heteroatoms. The fraction of sp³-hybridized carbons (Fsp3) is 0.286. The summed E-state index contributed by atoms with van der Waals surface area (Å²) in [6.07, 6.45) is 1.25. The first-order chi connectivity index (χ1) is 13.8. The first kappa shape index (κ1) is 21.1. The van der Waals surface area contributed by atoms with Gasteiger partial charge in [0.15, 0.2) is 0 Å². The maximum Gasteiger partial charge on any atom is 0.308 e. The zero-order valence-corrected chi connectivity index (χ0v) is 17.3. The van der Waals surface area contributed by atoms with Gasteiger partial charge in [0.1, 0.15) is 5.75 Å². The number of esters is 1. The van der Waals surface area contributed by atoms with Gasteiger partial charge in [0.05, 0.1) is 10.6 Å². The van der Waals surface area contributed by atoms with Crippen LogP contribution in [0.25, 0.3) is 0 Å². The highest BCUT2D eigenvalue weighted by molar-refractivity contribution is 6.35. The van der Waals surface area contributed by atoms with Crippen LogP contribution in [0.5, 0.6) is 5.75 Å². The molecule has 0 aliphatic carbocycles. The van der Waals surface area contributed by atoms with E-state index in [1.54, 1.807) is 41.3 Å². The fourth-order valence-corrected chi connectivity index (χ4v) is 3.58. The Hall–Kier alpha value is -2.57. The van der Waals surface area contributed by atoms with Gasteiger partial charge in [-0.15, -0.1) is 0 Å². The number of benzene rings is 2. The van der Waals surface area contributed by atoms with E-state index >= 15 is 0 Å². The minimum absolute atomic E-state index is 0.0611. The smallest absolute Gasteiger partial charge is 0.308 e. The summed E-state index contributed by atoms with van der Waals surface area (Å²) in [5.41, 5.74) is 0.789. The van der Waals surface area contributed by atoms with Crippen LogP contribution >= 0.6 is 23.2 Å². The molecule has 1 fully saturated rings. The number of hydrogen-bond donors (Lipinski definition) is 1. The van der Waals surface area contributed by atoms with Crippen molar-refractivity contribution in [3.05, 3.63) is 63.6 Å². The van der Waals surface area contributed by atoms with E-state index in [0.29, 0.717) is 52.9 Å². The third kappa shape index (κ3) is 5.49. The standard InChI is InChI=1S/C21H20Cl2N2O4/c1-13(26)29-17-4-2-3-14(11-17)21(28)25-9-7-16(8-10-25)24-20(27)18-12-15(22)5-6-19(18)23/h2-6,11-12,16H,7-10H2,1H3,(H,24,27). The first-order valence-corrected chi connectivity index (χ1v) is 9.93. The molecule has 1 saturated heterocycles. The van der Waals surface area contributed by atoms with Crippen molar-refractivity contribution in [2.24, 2.45) is 0 Å². The van der Waals surface area contributed by atoms with Crippen LogP contribution < -0.4 is 10.1 Å². The van der Waals surface area contributed by atoms with E-state index in [1.807, 2.05) is 0 Å². The lowest BCUT2D eigenvalue weighted by Crippen LogP contribution is -2.46. The van der Waals surface area contributed by atoms with E-state index in [4.69, 9.17) is 27.9 Å². The molecule has 0 bridgehead atoms. The summed E-state index contributed by atoms with van der Waals surface area (Å²) in [7, 11) is 0. The predicted molar refractivity (Wildman–Crippen MR) is 111 cm³/mol. The van der Waals surface area contributed by atoms with E-state index < -0.39 is 5.97 Å². The highest BCUT2D eigenvalue weighted by Gasteiger charge is 2.25. The van der Waals surface area contributed by atoms with E-state index in [-0.39, 0.29) is 17.9 Å². The summed E-state index contributed by atoms with van der Waals surface area (Å²) in [6, 6.07) is 11.2. The second kappa shape index (κ2) is 9.29. The van der Waals surface area contributed by atoms with Gasteiger partial charge in [-0.25, -0.2) is 0 Å². The number of carbonyl (C=O) groups excluding carboxylic acids is 3. The monoisotopic (exact) mass is 434 g/mol. The van der Waals surface area contributed by atoms with Gasteiger partial charge in [-0.05, 0) is 49.2 Å². The van der Waals surface area contributed by atoms with Crippen molar-refractivity contribution >= 4 is 41.0 Å². The van der Waals surface area contributed by atoms with Gasteiger partial charge < -0.3 is 15.0 Å². The van der Waals surface area contributed by atoms with E-state index in [9.17, 15) is 14.4 Å². The SMILES string of the molecule is CC(=O)Oc1cccc(C(=O)N2CCC(NC(=O)c3cc(Cl)ccc3Cl)CC2)c1. The molecule has 1 aliphatic rings. The van der Waals surface area contributed by atoms with Gasteiger partial charge in [-0.3, -0.25) is 14.4 Å². The molecule has 1 aliphatic heterocycles. The summed E-state index contributed by atoms with van der Waals surface area (Å²) >= 11 is 12.0. The van der Waals surface area contributed by atoms with Crippen molar-refractivity contribution in [2.45, 2.75) is 25.8 Å². The summed E-state index contributed by atoms with van der Waals surface area (Å²) in [6.45, 7) is 2.32. The molecular formula is C21H20Cl2N2O4. The van der Waals surface area contributed by atoms with Gasteiger partial charge in [0.2, 0.25) is 0 Å². The number of likely N-dealkylation sites (tertiary alicyclic amines) is 1. The van der Waals surface area contributed by atoms with Crippen LogP contribution in [0, 0.1) is 0 Å². The Morgan fingerprint density at radius 3 is 2.48 bits per heavy atom. The topological polar surface area (TPSA) is 75.7 Å². The molecule has 0 atom stereocenters. The Bertz CT molecular complexity index is 940. The minimum Gasteiger partial charge on any atom is -0.427 e. The lowest BCUT2D eigenvalue weighted by Gasteiger charge is -2.32. The number of carbonyl (C=O) groups is 3. The summed E-state index contributed by atoms with van der Waals surface area (Å²) in [5, 5.41) is 3.74. The second-order valence-corrected chi connectivity index (χ2v) is 7.63. The van der Waals surface area contributed by atoms with Crippen LogP contribution in [-0.4, -0.2) is 41.8 Å². The number of ether oxygens (including phenoxy) is 1. The number of nitrogens with zero attached hydrogens (tertiary/aromatic N) is 1. The van der Waals surface area contributed by atoms with Crippen molar-refractivity contribution in [3.63, 3.8) is 0 Å². The average molecular weight is 435 g/mol. The Morgan fingerprint density at radius 2 is 1.79 bits per heavy atom. The molecule has 1 heterocycles. The van der Waals surface area contributed by atoms with E-state index in [2.05, 4.69) is 5.32 Å². The van der Waals surface area contributed by atoms with Crippen molar-refractivity contribution < 1.29 is 19.1 Å². The quantitative estimate of drug-likeness (QED) is 0.583. The van der Waals surface area contributed by atoms with Crippen LogP contribution in [0.1, 0.15) is 40.5 Å². The van der Waals surface area contributed by atoms with Gasteiger partial charge >= 0.3 is 5.97 Å². The lowest BCUT2D eigenvalue weighted by atomic mass is 10.0. The number of piperidine rings is 1. The predicted octanol–water partition coefficient (Wildman–Crippen LogP) is 3.95. The zero-order valence-electron chi connectivity index (χ0n) is 15.8. The minimum atomic E-state index is -0.439. The van der Waals surface area contributed by atoms with Crippen LogP contribution in [0.3, 0.4) is 0 Å². The van der Waals surface area contributed by atoms with E-state index in [1.165, 1.54) is 13.0 Å². The summed E-state index contributed by atoms with van der Waals surface area (Å²) in [4.78, 5) is 38.0. The molecule has 3 rings (SSSR count). The molecule has 0 radical (unpaired) electrons. The molecule has 1 N–H and O–H groups in total. The molecular weight excluding hydrogens is 415 g/mol. The molecule has 0 spiro atoms. The number of nitrogens with one attached hydrogen (secondary N) is 1. The van der Waals surface area contributed by atoms with Crippen molar-refractivity contribution in [1.29, 1.82) is 0 Å². The molecule has 152 valence electrons. The Balaban J connectivity index is 1.57. The number of amides is 2. The average Bonchev–Trinajstić information content (AvgIpc) is 2.69. The highest BCUT2D eigenvalue weighted by Crippen LogP contribution is 2.22. The molecule has 0 unspecified atom stereocenters. The molecule has 29 heavy (non-hydrogen) atoms. The van der Waals surface area contributed by atoms with Crippen LogP contribution in [0.15, 0.2) is 42.5 Å². The molecule has 6 nitrogen and oxygen atoms in total. The summed E-state index contributed by atoms with van der Waals surface area (Å²) in [5.74, 6) is -0.520. The molecule has 2 aromatic carbocycles. The van der Waals surface area contributed by atoms with Crippen LogP contribution in [-0.2, 0) is 4.79 Å². The zero-order chi connectivity index (χ0) is 21.0. The maximum atomic E-state index is 12.7. The van der Waals surface area contributed by atoms with Gasteiger partial charge in [-0.2, -0.15) is 0 Å².